The van der Waals surface area contributed by atoms with Gasteiger partial charge < -0.3 is 9.84 Å². The molecule has 0 amide bonds. The highest BCUT2D eigenvalue weighted by Crippen LogP contribution is 2.75. The fraction of sp³-hybridized carbons (Fsp3) is 0.935. The number of hydrogen-bond donors (Lipinski definition) is 1. The summed E-state index contributed by atoms with van der Waals surface area (Å²) in [7, 11) is 1.81. The van der Waals surface area contributed by atoms with Gasteiger partial charge in [-0.25, -0.2) is 0 Å². The minimum absolute atomic E-state index is 0.0950. The molecular weight excluding hydrogens is 404 g/mol. The number of allylic oxidation sites excluding steroid dienone is 1. The fourth-order valence-electron chi connectivity index (χ4n) is 10.1. The van der Waals surface area contributed by atoms with Gasteiger partial charge in [0.05, 0.1) is 11.7 Å². The first-order valence-electron chi connectivity index (χ1n) is 14.1. The van der Waals surface area contributed by atoms with Crippen LogP contribution < -0.4 is 0 Å². The molecule has 0 aromatic rings. The first kappa shape index (κ1) is 25.7. The third-order valence-corrected chi connectivity index (χ3v) is 12.8. The predicted molar refractivity (Wildman–Crippen MR) is 139 cm³/mol. The van der Waals surface area contributed by atoms with Crippen LogP contribution in [0.4, 0.5) is 0 Å². The number of aliphatic hydroxyl groups excluding tert-OH is 1. The van der Waals surface area contributed by atoms with Crippen LogP contribution in [0.25, 0.3) is 0 Å². The summed E-state index contributed by atoms with van der Waals surface area (Å²) < 4.78 is 5.62. The van der Waals surface area contributed by atoms with Crippen molar-refractivity contribution in [3.63, 3.8) is 0 Å². The molecule has 0 heterocycles. The molecule has 4 aliphatic rings. The van der Waals surface area contributed by atoms with E-state index >= 15 is 0 Å². The topological polar surface area (TPSA) is 29.5 Å². The Bertz CT molecular complexity index is 771. The van der Waals surface area contributed by atoms with Gasteiger partial charge in [0.2, 0.25) is 0 Å². The second-order valence-electron chi connectivity index (χ2n) is 15.0. The first-order valence-corrected chi connectivity index (χ1v) is 14.1. The monoisotopic (exact) mass is 458 g/mol. The Labute approximate surface area is 205 Å². The van der Waals surface area contributed by atoms with Gasteiger partial charge in [0, 0.05) is 7.11 Å². The smallest absolute Gasteiger partial charge is 0.0802 e. The molecule has 2 heteroatoms. The van der Waals surface area contributed by atoms with Gasteiger partial charge in [-0.15, -0.1) is 0 Å². The maximum atomic E-state index is 10.7. The molecule has 9 unspecified atom stereocenters. The van der Waals surface area contributed by atoms with E-state index in [9.17, 15) is 5.11 Å². The molecule has 190 valence electrons. The van der Waals surface area contributed by atoms with Gasteiger partial charge in [-0.05, 0) is 123 Å². The van der Waals surface area contributed by atoms with E-state index in [1.807, 2.05) is 0 Å². The van der Waals surface area contributed by atoms with Gasteiger partial charge in [0.1, 0.15) is 0 Å². The number of hydrogen-bond acceptors (Lipinski definition) is 2. The van der Waals surface area contributed by atoms with E-state index in [0.717, 1.165) is 18.3 Å². The summed E-state index contributed by atoms with van der Waals surface area (Å²) in [5.74, 6) is 2.04. The van der Waals surface area contributed by atoms with Gasteiger partial charge in [0.15, 0.2) is 0 Å². The van der Waals surface area contributed by atoms with Gasteiger partial charge in [0.25, 0.3) is 0 Å². The molecule has 0 saturated heterocycles. The highest BCUT2D eigenvalue weighted by Gasteiger charge is 2.67. The van der Waals surface area contributed by atoms with Crippen LogP contribution in [0.2, 0.25) is 0 Å². The Morgan fingerprint density at radius 2 is 1.58 bits per heavy atom. The second-order valence-corrected chi connectivity index (χ2v) is 15.0. The van der Waals surface area contributed by atoms with Gasteiger partial charge >= 0.3 is 0 Å². The zero-order chi connectivity index (χ0) is 24.5. The molecule has 0 aromatic carbocycles. The zero-order valence-electron chi connectivity index (χ0n) is 23.4. The second kappa shape index (κ2) is 8.09. The van der Waals surface area contributed by atoms with Crippen LogP contribution in [0.15, 0.2) is 12.2 Å². The summed E-state index contributed by atoms with van der Waals surface area (Å²) in [5.41, 5.74) is 1.85. The molecule has 4 rings (SSSR count). The number of aliphatic hydroxyl groups is 1. The molecule has 0 radical (unpaired) electrons. The van der Waals surface area contributed by atoms with Crippen LogP contribution in [0.3, 0.4) is 0 Å². The van der Waals surface area contributed by atoms with Crippen molar-refractivity contribution in [3.8, 4) is 0 Å². The van der Waals surface area contributed by atoms with Crippen molar-refractivity contribution in [1.29, 1.82) is 0 Å². The van der Waals surface area contributed by atoms with Crippen molar-refractivity contribution < 1.29 is 9.84 Å². The fourth-order valence-corrected chi connectivity index (χ4v) is 10.1. The van der Waals surface area contributed by atoms with Gasteiger partial charge in [-0.3, -0.25) is 0 Å². The zero-order valence-corrected chi connectivity index (χ0v) is 23.4. The average Bonchev–Trinajstić information content (AvgIpc) is 2.73. The summed E-state index contributed by atoms with van der Waals surface area (Å²) in [6.07, 6.45) is 17.5. The quantitative estimate of drug-likeness (QED) is 0.430. The first-order chi connectivity index (χ1) is 15.1. The van der Waals surface area contributed by atoms with Gasteiger partial charge in [-0.2, -0.15) is 0 Å². The molecule has 1 N–H and O–H groups in total. The average molecular weight is 459 g/mol. The lowest BCUT2D eigenvalue weighted by atomic mass is 9.33. The molecule has 4 fully saturated rings. The standard InChI is InChI=1S/C31H54O2/c1-22-23(32)11-12-24-29(22,6)16-13-25-30(24,7)19-18-28(5)21-27(4,17-20-31(25,28)8)15-10-14-26(2,3)33-9/h10,14,22-25,32H,11-13,15-21H2,1-9H3. The van der Waals surface area contributed by atoms with Crippen LogP contribution in [-0.4, -0.2) is 23.9 Å². The van der Waals surface area contributed by atoms with E-state index in [1.54, 1.807) is 7.11 Å². The molecule has 2 nitrogen and oxygen atoms in total. The Kier molecular flexibility index (Phi) is 6.31. The van der Waals surface area contributed by atoms with Gasteiger partial charge in [-0.1, -0.05) is 53.7 Å². The maximum Gasteiger partial charge on any atom is 0.0802 e. The van der Waals surface area contributed by atoms with Crippen LogP contribution in [0, 0.1) is 44.8 Å². The maximum absolute atomic E-state index is 10.7. The number of ether oxygens (including phenoxy) is 1. The summed E-state index contributed by atoms with van der Waals surface area (Å²) in [4.78, 5) is 0. The largest absolute Gasteiger partial charge is 0.393 e. The van der Waals surface area contributed by atoms with Crippen LogP contribution in [0.1, 0.15) is 120 Å². The number of methoxy groups -OCH3 is 1. The molecule has 0 aromatic heterocycles. The van der Waals surface area contributed by atoms with Crippen LogP contribution in [0.5, 0.6) is 0 Å². The normalized spacial score (nSPS) is 52.8. The third kappa shape index (κ3) is 3.89. The van der Waals surface area contributed by atoms with E-state index < -0.39 is 0 Å². The highest BCUT2D eigenvalue weighted by molar-refractivity contribution is 5.17. The molecule has 4 saturated carbocycles. The van der Waals surface area contributed by atoms with Crippen molar-refractivity contribution in [2.24, 2.45) is 44.8 Å². The third-order valence-electron chi connectivity index (χ3n) is 12.8. The SMILES string of the molecule is COC(C)(C)C=CCC1(C)CCC2(C)C3CCC4(C)C(C)C(O)CCC4C3(C)CCC2(C)C1. The van der Waals surface area contributed by atoms with E-state index in [0.29, 0.717) is 33.0 Å². The summed E-state index contributed by atoms with van der Waals surface area (Å²) in [6.45, 7) is 19.8. The Balaban J connectivity index is 1.58. The molecule has 0 bridgehead atoms. The Morgan fingerprint density at radius 3 is 2.24 bits per heavy atom. The molecule has 33 heavy (non-hydrogen) atoms. The Morgan fingerprint density at radius 1 is 0.879 bits per heavy atom. The minimum Gasteiger partial charge on any atom is -0.393 e. The molecular formula is C31H54O2. The van der Waals surface area contributed by atoms with Crippen molar-refractivity contribution in [2.75, 3.05) is 7.11 Å². The number of rotatable bonds is 4. The Hall–Kier alpha value is -0.340. The molecule has 0 spiro atoms. The highest BCUT2D eigenvalue weighted by atomic mass is 16.5. The molecule has 4 aliphatic carbocycles. The van der Waals surface area contributed by atoms with Crippen LogP contribution >= 0.6 is 0 Å². The lowest BCUT2D eigenvalue weighted by Gasteiger charge is -2.72. The predicted octanol–water partition coefficient (Wildman–Crippen LogP) is 8.18. The molecule has 0 aliphatic heterocycles. The van der Waals surface area contributed by atoms with Crippen molar-refractivity contribution in [3.05, 3.63) is 12.2 Å². The van der Waals surface area contributed by atoms with E-state index in [1.165, 1.54) is 57.8 Å². The van der Waals surface area contributed by atoms with Crippen molar-refractivity contribution in [2.45, 2.75) is 131 Å². The van der Waals surface area contributed by atoms with Crippen LogP contribution in [-0.2, 0) is 4.74 Å². The van der Waals surface area contributed by atoms with Crippen molar-refractivity contribution in [1.82, 2.24) is 0 Å². The summed E-state index contributed by atoms with van der Waals surface area (Å²) >= 11 is 0. The number of fused-ring (bicyclic) bond motifs is 5. The van der Waals surface area contributed by atoms with E-state index in [2.05, 4.69) is 67.5 Å². The van der Waals surface area contributed by atoms with E-state index in [-0.39, 0.29) is 11.7 Å². The van der Waals surface area contributed by atoms with Crippen molar-refractivity contribution >= 4 is 0 Å². The lowest BCUT2D eigenvalue weighted by molar-refractivity contribution is -0.235. The summed E-state index contributed by atoms with van der Waals surface area (Å²) in [5, 5.41) is 10.7. The minimum atomic E-state index is -0.171. The molecule has 9 atom stereocenters. The lowest BCUT2D eigenvalue weighted by Crippen LogP contribution is -2.65. The van der Waals surface area contributed by atoms with E-state index in [4.69, 9.17) is 4.74 Å². The summed E-state index contributed by atoms with van der Waals surface area (Å²) in [6, 6.07) is 0.